The first kappa shape index (κ1) is 15.4. The lowest BCUT2D eigenvalue weighted by Crippen LogP contribution is -2.39. The van der Waals surface area contributed by atoms with Gasteiger partial charge < -0.3 is 20.1 Å². The lowest BCUT2D eigenvalue weighted by atomic mass is 10.1. The molecule has 0 radical (unpaired) electrons. The number of urea groups is 1. The Bertz CT molecular complexity index is 401. The van der Waals surface area contributed by atoms with Gasteiger partial charge in [-0.25, -0.2) is 9.18 Å². The number of carbonyl (C=O) groups excluding carboxylic acids is 1. The molecule has 0 saturated carbocycles. The van der Waals surface area contributed by atoms with E-state index in [-0.39, 0.29) is 24.5 Å². The number of benzene rings is 1. The molecule has 0 fully saturated rings. The highest BCUT2D eigenvalue weighted by Crippen LogP contribution is 2.16. The van der Waals surface area contributed by atoms with Gasteiger partial charge in [-0.15, -0.1) is 0 Å². The highest BCUT2D eigenvalue weighted by Gasteiger charge is 2.12. The number of carbonyl (C=O) groups is 1. The molecule has 0 aliphatic rings. The molecule has 1 aromatic rings. The highest BCUT2D eigenvalue weighted by atomic mass is 19.1. The van der Waals surface area contributed by atoms with Gasteiger partial charge in [0.15, 0.2) is 0 Å². The van der Waals surface area contributed by atoms with Crippen molar-refractivity contribution in [1.29, 1.82) is 0 Å². The van der Waals surface area contributed by atoms with E-state index in [1.807, 2.05) is 0 Å². The minimum atomic E-state index is -0.385. The van der Waals surface area contributed by atoms with Crippen LogP contribution in [0.1, 0.15) is 11.7 Å². The highest BCUT2D eigenvalue weighted by molar-refractivity contribution is 5.73. The molecule has 19 heavy (non-hydrogen) atoms. The monoisotopic (exact) mass is 270 g/mol. The van der Waals surface area contributed by atoms with Crippen molar-refractivity contribution in [3.8, 4) is 0 Å². The Morgan fingerprint density at radius 2 is 2.16 bits per heavy atom. The van der Waals surface area contributed by atoms with Crippen molar-refractivity contribution < 1.29 is 18.7 Å². The van der Waals surface area contributed by atoms with Gasteiger partial charge in [-0.2, -0.15) is 0 Å². The smallest absolute Gasteiger partial charge is 0.314 e. The van der Waals surface area contributed by atoms with Gasteiger partial charge in [-0.1, -0.05) is 12.1 Å². The van der Waals surface area contributed by atoms with Crippen LogP contribution in [0.5, 0.6) is 0 Å². The largest absolute Gasteiger partial charge is 0.383 e. The van der Waals surface area contributed by atoms with E-state index in [1.54, 1.807) is 19.2 Å². The van der Waals surface area contributed by atoms with E-state index in [2.05, 4.69) is 10.6 Å². The van der Waals surface area contributed by atoms with Crippen molar-refractivity contribution in [2.24, 2.45) is 0 Å². The van der Waals surface area contributed by atoms with Gasteiger partial charge in [-0.05, 0) is 17.7 Å². The molecule has 0 saturated heterocycles. The Morgan fingerprint density at radius 3 is 2.79 bits per heavy atom. The average Bonchev–Trinajstić information content (AvgIpc) is 2.40. The molecule has 1 rings (SSSR count). The van der Waals surface area contributed by atoms with Crippen LogP contribution in [0.25, 0.3) is 0 Å². The third kappa shape index (κ3) is 5.67. The van der Waals surface area contributed by atoms with Gasteiger partial charge in [0.05, 0.1) is 12.7 Å². The van der Waals surface area contributed by atoms with Crippen LogP contribution >= 0.6 is 0 Å². The van der Waals surface area contributed by atoms with Crippen molar-refractivity contribution in [2.75, 3.05) is 33.9 Å². The minimum Gasteiger partial charge on any atom is -0.383 e. The van der Waals surface area contributed by atoms with E-state index >= 15 is 0 Å². The maximum Gasteiger partial charge on any atom is 0.314 e. The summed E-state index contributed by atoms with van der Waals surface area (Å²) >= 11 is 0. The Kier molecular flexibility index (Phi) is 6.84. The second-order valence-electron chi connectivity index (χ2n) is 3.91. The lowest BCUT2D eigenvalue weighted by Gasteiger charge is -2.17. The SMILES string of the molecule is COCCNC(=O)NC[C@H](OC)c1cccc(F)c1. The molecule has 0 heterocycles. The Morgan fingerprint density at radius 1 is 1.37 bits per heavy atom. The predicted octanol–water partition coefficient (Wildman–Crippen LogP) is 1.46. The first-order valence-electron chi connectivity index (χ1n) is 5.96. The fraction of sp³-hybridized carbons (Fsp3) is 0.462. The van der Waals surface area contributed by atoms with E-state index in [1.165, 1.54) is 19.2 Å². The standard InChI is InChI=1S/C13H19FN2O3/c1-18-7-6-15-13(17)16-9-12(19-2)10-4-3-5-11(14)8-10/h3-5,8,12H,6-7,9H2,1-2H3,(H2,15,16,17)/t12-/m0/s1. The van der Waals surface area contributed by atoms with Crippen LogP contribution in [0.2, 0.25) is 0 Å². The maximum atomic E-state index is 13.1. The molecule has 0 unspecified atom stereocenters. The summed E-state index contributed by atoms with van der Waals surface area (Å²) in [6.45, 7) is 1.14. The molecule has 6 heteroatoms. The van der Waals surface area contributed by atoms with Crippen LogP contribution < -0.4 is 10.6 Å². The first-order valence-corrected chi connectivity index (χ1v) is 5.96. The van der Waals surface area contributed by atoms with Gasteiger partial charge in [-0.3, -0.25) is 0 Å². The molecular weight excluding hydrogens is 251 g/mol. The zero-order valence-corrected chi connectivity index (χ0v) is 11.1. The fourth-order valence-corrected chi connectivity index (χ4v) is 1.56. The molecule has 0 bridgehead atoms. The van der Waals surface area contributed by atoms with Gasteiger partial charge in [0.1, 0.15) is 5.82 Å². The molecular formula is C13H19FN2O3. The number of hydrogen-bond donors (Lipinski definition) is 2. The molecule has 5 nitrogen and oxygen atoms in total. The summed E-state index contributed by atoms with van der Waals surface area (Å²) in [6.07, 6.45) is -0.385. The number of amides is 2. The Labute approximate surface area is 112 Å². The molecule has 0 aromatic heterocycles. The second-order valence-corrected chi connectivity index (χ2v) is 3.91. The zero-order chi connectivity index (χ0) is 14.1. The van der Waals surface area contributed by atoms with Crippen molar-refractivity contribution in [3.05, 3.63) is 35.6 Å². The molecule has 0 aliphatic carbocycles. The van der Waals surface area contributed by atoms with E-state index in [0.29, 0.717) is 18.7 Å². The Hall–Kier alpha value is -1.66. The van der Waals surface area contributed by atoms with Crippen LogP contribution in [0.3, 0.4) is 0 Å². The van der Waals surface area contributed by atoms with E-state index in [9.17, 15) is 9.18 Å². The number of ether oxygens (including phenoxy) is 2. The van der Waals surface area contributed by atoms with Crippen molar-refractivity contribution in [2.45, 2.75) is 6.10 Å². The van der Waals surface area contributed by atoms with Gasteiger partial charge in [0.2, 0.25) is 0 Å². The van der Waals surface area contributed by atoms with Crippen molar-refractivity contribution in [3.63, 3.8) is 0 Å². The van der Waals surface area contributed by atoms with Crippen LogP contribution in [0, 0.1) is 5.82 Å². The van der Waals surface area contributed by atoms with Gasteiger partial charge in [0, 0.05) is 27.3 Å². The summed E-state index contributed by atoms with van der Waals surface area (Å²) in [4.78, 5) is 11.4. The van der Waals surface area contributed by atoms with Crippen molar-refractivity contribution >= 4 is 6.03 Å². The normalized spacial score (nSPS) is 11.9. The van der Waals surface area contributed by atoms with Crippen LogP contribution in [0.4, 0.5) is 9.18 Å². The lowest BCUT2D eigenvalue weighted by molar-refractivity contribution is 0.103. The van der Waals surface area contributed by atoms with Gasteiger partial charge in [0.25, 0.3) is 0 Å². The number of hydrogen-bond acceptors (Lipinski definition) is 3. The van der Waals surface area contributed by atoms with Gasteiger partial charge >= 0.3 is 6.03 Å². The van der Waals surface area contributed by atoms with E-state index < -0.39 is 0 Å². The number of rotatable bonds is 7. The number of nitrogens with one attached hydrogen (secondary N) is 2. The van der Waals surface area contributed by atoms with Crippen LogP contribution in [0.15, 0.2) is 24.3 Å². The fourth-order valence-electron chi connectivity index (χ4n) is 1.56. The number of methoxy groups -OCH3 is 2. The summed E-state index contributed by atoms with van der Waals surface area (Å²) in [5.41, 5.74) is 0.680. The quantitative estimate of drug-likeness (QED) is 0.737. The molecule has 0 spiro atoms. The molecule has 1 aromatic carbocycles. The summed E-state index contributed by atoms with van der Waals surface area (Å²) < 4.78 is 23.1. The predicted molar refractivity (Wildman–Crippen MR) is 69.4 cm³/mol. The third-order valence-electron chi connectivity index (χ3n) is 2.54. The topological polar surface area (TPSA) is 59.6 Å². The third-order valence-corrected chi connectivity index (χ3v) is 2.54. The average molecular weight is 270 g/mol. The maximum absolute atomic E-state index is 13.1. The summed E-state index contributed by atoms with van der Waals surface area (Å²) in [5, 5.41) is 5.28. The van der Waals surface area contributed by atoms with Crippen LogP contribution in [-0.4, -0.2) is 39.9 Å². The molecule has 106 valence electrons. The minimum absolute atomic E-state index is 0.263. The number of halogens is 1. The van der Waals surface area contributed by atoms with E-state index in [4.69, 9.17) is 9.47 Å². The molecule has 0 aliphatic heterocycles. The molecule has 2 N–H and O–H groups in total. The van der Waals surface area contributed by atoms with Crippen LogP contribution in [-0.2, 0) is 9.47 Å². The second kappa shape index (κ2) is 8.44. The Balaban J connectivity index is 2.42. The van der Waals surface area contributed by atoms with Crippen molar-refractivity contribution in [1.82, 2.24) is 10.6 Å². The first-order chi connectivity index (χ1) is 9.17. The summed E-state index contributed by atoms with van der Waals surface area (Å²) in [7, 11) is 3.07. The van der Waals surface area contributed by atoms with E-state index in [0.717, 1.165) is 0 Å². The molecule has 2 amide bonds. The summed E-state index contributed by atoms with van der Waals surface area (Å²) in [6, 6.07) is 5.80. The summed E-state index contributed by atoms with van der Waals surface area (Å²) in [5.74, 6) is -0.330. The molecule has 1 atom stereocenters. The zero-order valence-electron chi connectivity index (χ0n) is 11.1.